The molecule has 2 rings (SSSR count). The van der Waals surface area contributed by atoms with Gasteiger partial charge >= 0.3 is 0 Å². The Balaban J connectivity index is 1.83. The zero-order chi connectivity index (χ0) is 14.5. The molecule has 2 N–H and O–H groups in total. The summed E-state index contributed by atoms with van der Waals surface area (Å²) in [6.07, 6.45) is 4.04. The molecule has 0 spiro atoms. The molecule has 0 bridgehead atoms. The molecule has 2 unspecified atom stereocenters. The van der Waals surface area contributed by atoms with E-state index in [2.05, 4.69) is 55.7 Å². The van der Waals surface area contributed by atoms with Crippen molar-refractivity contribution < 1.29 is 0 Å². The van der Waals surface area contributed by atoms with Crippen LogP contribution in [0.5, 0.6) is 0 Å². The highest BCUT2D eigenvalue weighted by Crippen LogP contribution is 2.33. The van der Waals surface area contributed by atoms with Crippen molar-refractivity contribution in [1.29, 1.82) is 0 Å². The molecule has 1 fully saturated rings. The van der Waals surface area contributed by atoms with Crippen LogP contribution in [0, 0.1) is 11.8 Å². The van der Waals surface area contributed by atoms with E-state index in [1.165, 1.54) is 24.8 Å². The van der Waals surface area contributed by atoms with E-state index in [4.69, 9.17) is 12.2 Å². The normalized spacial score (nSPS) is 24.9. The molecule has 1 aromatic rings. The highest BCUT2D eigenvalue weighted by molar-refractivity contribution is 7.80. The SMILES string of the molecule is CC1CCCC1[C@H](C)NC(=S)N[C@@H](C)c1ccccc1. The van der Waals surface area contributed by atoms with Gasteiger partial charge in [0.05, 0.1) is 6.04 Å². The van der Waals surface area contributed by atoms with E-state index < -0.39 is 0 Å². The first kappa shape index (κ1) is 15.3. The number of thiocarbonyl (C=S) groups is 1. The van der Waals surface area contributed by atoms with Gasteiger partial charge in [0.25, 0.3) is 0 Å². The minimum atomic E-state index is 0.240. The molecule has 0 radical (unpaired) electrons. The lowest BCUT2D eigenvalue weighted by atomic mass is 9.91. The van der Waals surface area contributed by atoms with Crippen LogP contribution in [-0.4, -0.2) is 11.2 Å². The third kappa shape index (κ3) is 3.95. The molecule has 1 saturated carbocycles. The summed E-state index contributed by atoms with van der Waals surface area (Å²) in [5.74, 6) is 1.56. The Kier molecular flexibility index (Phi) is 5.41. The van der Waals surface area contributed by atoms with Gasteiger partial charge in [-0.05, 0) is 49.9 Å². The molecule has 2 nitrogen and oxygen atoms in total. The summed E-state index contributed by atoms with van der Waals surface area (Å²) in [7, 11) is 0. The quantitative estimate of drug-likeness (QED) is 0.819. The fourth-order valence-electron chi connectivity index (χ4n) is 3.29. The van der Waals surface area contributed by atoms with Gasteiger partial charge in [-0.3, -0.25) is 0 Å². The maximum atomic E-state index is 5.46. The molecule has 0 aliphatic heterocycles. The lowest BCUT2D eigenvalue weighted by molar-refractivity contribution is 0.340. The molecule has 110 valence electrons. The predicted octanol–water partition coefficient (Wildman–Crippen LogP) is 4.04. The van der Waals surface area contributed by atoms with E-state index >= 15 is 0 Å². The van der Waals surface area contributed by atoms with Gasteiger partial charge in [-0.15, -0.1) is 0 Å². The van der Waals surface area contributed by atoms with Crippen LogP contribution in [0.4, 0.5) is 0 Å². The summed E-state index contributed by atoms with van der Waals surface area (Å²) in [5, 5.41) is 7.63. The third-order valence-corrected chi connectivity index (χ3v) is 4.81. The highest BCUT2D eigenvalue weighted by atomic mass is 32.1. The van der Waals surface area contributed by atoms with Crippen molar-refractivity contribution >= 4 is 17.3 Å². The molecule has 0 heterocycles. The maximum Gasteiger partial charge on any atom is 0.166 e. The molecular weight excluding hydrogens is 264 g/mol. The third-order valence-electron chi connectivity index (χ3n) is 4.58. The average Bonchev–Trinajstić information content (AvgIpc) is 2.86. The summed E-state index contributed by atoms with van der Waals surface area (Å²) < 4.78 is 0. The molecule has 20 heavy (non-hydrogen) atoms. The van der Waals surface area contributed by atoms with Gasteiger partial charge in [-0.25, -0.2) is 0 Å². The van der Waals surface area contributed by atoms with Crippen LogP contribution in [0.25, 0.3) is 0 Å². The van der Waals surface area contributed by atoms with Gasteiger partial charge in [0, 0.05) is 6.04 Å². The summed E-state index contributed by atoms with van der Waals surface area (Å²) >= 11 is 5.46. The lowest BCUT2D eigenvalue weighted by Crippen LogP contribution is -2.45. The lowest BCUT2D eigenvalue weighted by Gasteiger charge is -2.27. The van der Waals surface area contributed by atoms with Crippen LogP contribution in [0.1, 0.15) is 51.6 Å². The van der Waals surface area contributed by atoms with Crippen molar-refractivity contribution in [2.24, 2.45) is 11.8 Å². The van der Waals surface area contributed by atoms with Crippen LogP contribution < -0.4 is 10.6 Å². The second-order valence-electron chi connectivity index (χ2n) is 6.11. The minimum absolute atomic E-state index is 0.240. The molecule has 0 aromatic heterocycles. The first-order valence-corrected chi connectivity index (χ1v) is 8.10. The second kappa shape index (κ2) is 7.07. The molecule has 1 aliphatic rings. The second-order valence-corrected chi connectivity index (χ2v) is 6.52. The zero-order valence-electron chi connectivity index (χ0n) is 12.7. The number of rotatable bonds is 4. The Morgan fingerprint density at radius 1 is 1.15 bits per heavy atom. The fourth-order valence-corrected chi connectivity index (χ4v) is 3.66. The number of benzene rings is 1. The Labute approximate surface area is 128 Å². The summed E-state index contributed by atoms with van der Waals surface area (Å²) in [6.45, 7) is 6.76. The van der Waals surface area contributed by atoms with E-state index in [-0.39, 0.29) is 6.04 Å². The van der Waals surface area contributed by atoms with Crippen LogP contribution in [0.2, 0.25) is 0 Å². The Morgan fingerprint density at radius 2 is 1.85 bits per heavy atom. The van der Waals surface area contributed by atoms with Crippen molar-refractivity contribution in [1.82, 2.24) is 10.6 Å². The largest absolute Gasteiger partial charge is 0.360 e. The van der Waals surface area contributed by atoms with Crippen molar-refractivity contribution in [3.05, 3.63) is 35.9 Å². The molecule has 0 amide bonds. The van der Waals surface area contributed by atoms with Crippen LogP contribution in [-0.2, 0) is 0 Å². The summed E-state index contributed by atoms with van der Waals surface area (Å²) in [6, 6.07) is 11.1. The van der Waals surface area contributed by atoms with Crippen molar-refractivity contribution in [3.63, 3.8) is 0 Å². The van der Waals surface area contributed by atoms with Crippen LogP contribution in [0.15, 0.2) is 30.3 Å². The topological polar surface area (TPSA) is 24.1 Å². The van der Waals surface area contributed by atoms with Gasteiger partial charge in [0.2, 0.25) is 0 Å². The molecule has 1 aliphatic carbocycles. The zero-order valence-corrected chi connectivity index (χ0v) is 13.5. The van der Waals surface area contributed by atoms with E-state index in [0.717, 1.165) is 16.9 Å². The Bertz CT molecular complexity index is 432. The van der Waals surface area contributed by atoms with Crippen LogP contribution >= 0.6 is 12.2 Å². The molecule has 4 atom stereocenters. The monoisotopic (exact) mass is 290 g/mol. The summed E-state index contributed by atoms with van der Waals surface area (Å²) in [4.78, 5) is 0. The molecule has 1 aromatic carbocycles. The Morgan fingerprint density at radius 3 is 2.45 bits per heavy atom. The van der Waals surface area contributed by atoms with Crippen molar-refractivity contribution in [3.8, 4) is 0 Å². The van der Waals surface area contributed by atoms with Gasteiger partial charge in [-0.1, -0.05) is 50.1 Å². The van der Waals surface area contributed by atoms with E-state index in [0.29, 0.717) is 6.04 Å². The number of hydrogen-bond acceptors (Lipinski definition) is 1. The van der Waals surface area contributed by atoms with Gasteiger partial charge in [0.15, 0.2) is 5.11 Å². The van der Waals surface area contributed by atoms with Gasteiger partial charge < -0.3 is 10.6 Å². The number of hydrogen-bond donors (Lipinski definition) is 2. The first-order chi connectivity index (χ1) is 9.58. The standard InChI is InChI=1S/C17H26N2S/c1-12-8-7-11-16(12)14(3)19-17(20)18-13(2)15-9-5-4-6-10-15/h4-6,9-10,12-14,16H,7-8,11H2,1-3H3,(H2,18,19,20)/t12?,13-,14-,16?/m0/s1. The number of nitrogens with one attached hydrogen (secondary N) is 2. The molecular formula is C17H26N2S. The van der Waals surface area contributed by atoms with Crippen LogP contribution in [0.3, 0.4) is 0 Å². The fraction of sp³-hybridized carbons (Fsp3) is 0.588. The molecule has 3 heteroatoms. The molecule has 0 saturated heterocycles. The van der Waals surface area contributed by atoms with E-state index in [1.54, 1.807) is 0 Å². The van der Waals surface area contributed by atoms with Gasteiger partial charge in [0.1, 0.15) is 0 Å². The summed E-state index contributed by atoms with van der Waals surface area (Å²) in [5.41, 5.74) is 1.26. The highest BCUT2D eigenvalue weighted by Gasteiger charge is 2.28. The Hall–Kier alpha value is -1.09. The van der Waals surface area contributed by atoms with Crippen molar-refractivity contribution in [2.45, 2.75) is 52.1 Å². The smallest absolute Gasteiger partial charge is 0.166 e. The van der Waals surface area contributed by atoms with E-state index in [1.807, 2.05) is 6.07 Å². The predicted molar refractivity (Wildman–Crippen MR) is 89.7 cm³/mol. The van der Waals surface area contributed by atoms with E-state index in [9.17, 15) is 0 Å². The first-order valence-electron chi connectivity index (χ1n) is 7.70. The minimum Gasteiger partial charge on any atom is -0.360 e. The van der Waals surface area contributed by atoms with Gasteiger partial charge in [-0.2, -0.15) is 0 Å². The van der Waals surface area contributed by atoms with Crippen molar-refractivity contribution in [2.75, 3.05) is 0 Å². The average molecular weight is 290 g/mol. The maximum absolute atomic E-state index is 5.46.